The number of rotatable bonds is 4. The quantitative estimate of drug-likeness (QED) is 0.771. The summed E-state index contributed by atoms with van der Waals surface area (Å²) in [5, 5.41) is 7.49. The van der Waals surface area contributed by atoms with Gasteiger partial charge in [0.15, 0.2) is 0 Å². The van der Waals surface area contributed by atoms with E-state index in [-0.39, 0.29) is 5.54 Å². The predicted octanol–water partition coefficient (Wildman–Crippen LogP) is 3.14. The van der Waals surface area contributed by atoms with E-state index in [9.17, 15) is 0 Å². The summed E-state index contributed by atoms with van der Waals surface area (Å²) in [5.41, 5.74) is 1.24. The third-order valence-electron chi connectivity index (χ3n) is 1.93. The van der Waals surface area contributed by atoms with Gasteiger partial charge in [0, 0.05) is 29.3 Å². The summed E-state index contributed by atoms with van der Waals surface area (Å²) in [6.45, 7) is 8.32. The molecule has 3 heteroatoms. The van der Waals surface area contributed by atoms with Gasteiger partial charge in [0.2, 0.25) is 0 Å². The zero-order chi connectivity index (χ0) is 11.3. The van der Waals surface area contributed by atoms with Gasteiger partial charge in [0.05, 0.1) is 0 Å². The maximum atomic E-state index is 5.87. The highest BCUT2D eigenvalue weighted by Gasteiger charge is 2.06. The van der Waals surface area contributed by atoms with Crippen molar-refractivity contribution < 1.29 is 0 Å². The lowest BCUT2D eigenvalue weighted by Gasteiger charge is -2.20. The minimum absolute atomic E-state index is 0.177. The molecule has 0 saturated heterocycles. The van der Waals surface area contributed by atoms with Gasteiger partial charge in [-0.15, -0.1) is 0 Å². The summed E-state index contributed by atoms with van der Waals surface area (Å²) < 4.78 is 0. The van der Waals surface area contributed by atoms with Gasteiger partial charge in [0.1, 0.15) is 0 Å². The topological polar surface area (TPSA) is 24.1 Å². The zero-order valence-electron chi connectivity index (χ0n) is 9.60. The third-order valence-corrected chi connectivity index (χ3v) is 2.17. The molecule has 1 aromatic carbocycles. The van der Waals surface area contributed by atoms with Crippen LogP contribution < -0.4 is 10.6 Å². The van der Waals surface area contributed by atoms with Crippen molar-refractivity contribution >= 4 is 17.3 Å². The van der Waals surface area contributed by atoms with Crippen LogP contribution in [0.5, 0.6) is 0 Å². The van der Waals surface area contributed by atoms with Gasteiger partial charge >= 0.3 is 0 Å². The molecule has 0 radical (unpaired) electrons. The molecule has 0 aromatic heterocycles. The normalized spacial score (nSPS) is 11.5. The van der Waals surface area contributed by atoms with Crippen molar-refractivity contribution in [1.82, 2.24) is 5.32 Å². The SMILES string of the molecule is CC(C)(C)NCCNc1cccc(Cl)c1. The predicted molar refractivity (Wildman–Crippen MR) is 67.7 cm³/mol. The second kappa shape index (κ2) is 5.38. The van der Waals surface area contributed by atoms with Gasteiger partial charge in [-0.25, -0.2) is 0 Å². The summed E-state index contributed by atoms with van der Waals surface area (Å²) in [6.07, 6.45) is 0. The largest absolute Gasteiger partial charge is 0.384 e. The van der Waals surface area contributed by atoms with Crippen LogP contribution in [0.15, 0.2) is 24.3 Å². The van der Waals surface area contributed by atoms with E-state index in [2.05, 4.69) is 31.4 Å². The lowest BCUT2D eigenvalue weighted by molar-refractivity contribution is 0.435. The molecule has 2 nitrogen and oxygen atoms in total. The molecular formula is C12H19ClN2. The van der Waals surface area contributed by atoms with Crippen molar-refractivity contribution in [3.63, 3.8) is 0 Å². The molecular weight excluding hydrogens is 208 g/mol. The molecule has 0 saturated carbocycles. The first-order chi connectivity index (χ1) is 6.97. The van der Waals surface area contributed by atoms with E-state index in [1.54, 1.807) is 0 Å². The van der Waals surface area contributed by atoms with E-state index >= 15 is 0 Å². The smallest absolute Gasteiger partial charge is 0.0426 e. The standard InChI is InChI=1S/C12H19ClN2/c1-12(2,3)15-8-7-14-11-6-4-5-10(13)9-11/h4-6,9,14-15H,7-8H2,1-3H3. The molecule has 15 heavy (non-hydrogen) atoms. The Morgan fingerprint density at radius 3 is 2.53 bits per heavy atom. The van der Waals surface area contributed by atoms with Gasteiger partial charge in [-0.2, -0.15) is 0 Å². The molecule has 0 fully saturated rings. The molecule has 0 amide bonds. The van der Waals surface area contributed by atoms with Gasteiger partial charge in [-0.05, 0) is 39.0 Å². The van der Waals surface area contributed by atoms with Crippen molar-refractivity contribution in [3.05, 3.63) is 29.3 Å². The molecule has 0 bridgehead atoms. The van der Waals surface area contributed by atoms with Crippen LogP contribution in [0.25, 0.3) is 0 Å². The summed E-state index contributed by atoms with van der Waals surface area (Å²) >= 11 is 5.87. The first kappa shape index (κ1) is 12.3. The summed E-state index contributed by atoms with van der Waals surface area (Å²) in [4.78, 5) is 0. The van der Waals surface area contributed by atoms with Crippen LogP contribution in [0.2, 0.25) is 5.02 Å². The minimum Gasteiger partial charge on any atom is -0.384 e. The Labute approximate surface area is 97.0 Å². The number of anilines is 1. The molecule has 0 aliphatic rings. The summed E-state index contributed by atoms with van der Waals surface area (Å²) in [5.74, 6) is 0. The van der Waals surface area contributed by atoms with Crippen molar-refractivity contribution in [2.75, 3.05) is 18.4 Å². The van der Waals surface area contributed by atoms with Crippen LogP contribution in [-0.2, 0) is 0 Å². The van der Waals surface area contributed by atoms with Gasteiger partial charge in [-0.3, -0.25) is 0 Å². The lowest BCUT2D eigenvalue weighted by atomic mass is 10.1. The zero-order valence-corrected chi connectivity index (χ0v) is 10.4. The van der Waals surface area contributed by atoms with Crippen molar-refractivity contribution in [3.8, 4) is 0 Å². The number of hydrogen-bond acceptors (Lipinski definition) is 2. The average molecular weight is 227 g/mol. The highest BCUT2D eigenvalue weighted by molar-refractivity contribution is 6.30. The second-order valence-corrected chi connectivity index (χ2v) is 5.05. The van der Waals surface area contributed by atoms with E-state index in [4.69, 9.17) is 11.6 Å². The Kier molecular flexibility index (Phi) is 4.43. The molecule has 1 rings (SSSR count). The number of nitrogens with one attached hydrogen (secondary N) is 2. The molecule has 84 valence electrons. The third kappa shape index (κ3) is 5.65. The molecule has 0 aliphatic carbocycles. The molecule has 0 spiro atoms. The second-order valence-electron chi connectivity index (χ2n) is 4.61. The Morgan fingerprint density at radius 1 is 1.20 bits per heavy atom. The van der Waals surface area contributed by atoms with Gasteiger partial charge in [0.25, 0.3) is 0 Å². The molecule has 2 N–H and O–H groups in total. The Bertz CT molecular complexity index is 305. The fourth-order valence-electron chi connectivity index (χ4n) is 1.24. The van der Waals surface area contributed by atoms with Crippen molar-refractivity contribution in [2.45, 2.75) is 26.3 Å². The average Bonchev–Trinajstić information content (AvgIpc) is 2.11. The molecule has 0 atom stereocenters. The Balaban J connectivity index is 2.26. The Morgan fingerprint density at radius 2 is 1.93 bits per heavy atom. The highest BCUT2D eigenvalue weighted by atomic mass is 35.5. The number of hydrogen-bond donors (Lipinski definition) is 2. The molecule has 0 heterocycles. The maximum Gasteiger partial charge on any atom is 0.0426 e. The fourth-order valence-corrected chi connectivity index (χ4v) is 1.43. The first-order valence-electron chi connectivity index (χ1n) is 5.22. The van der Waals surface area contributed by atoms with Gasteiger partial charge < -0.3 is 10.6 Å². The van der Waals surface area contributed by atoms with E-state index in [1.165, 1.54) is 0 Å². The van der Waals surface area contributed by atoms with Gasteiger partial charge in [-0.1, -0.05) is 17.7 Å². The molecule has 0 aliphatic heterocycles. The lowest BCUT2D eigenvalue weighted by Crippen LogP contribution is -2.38. The highest BCUT2D eigenvalue weighted by Crippen LogP contribution is 2.14. The van der Waals surface area contributed by atoms with Crippen molar-refractivity contribution in [1.29, 1.82) is 0 Å². The van der Waals surface area contributed by atoms with Crippen LogP contribution in [0.1, 0.15) is 20.8 Å². The van der Waals surface area contributed by atoms with Crippen LogP contribution in [0.4, 0.5) is 5.69 Å². The number of benzene rings is 1. The van der Waals surface area contributed by atoms with Crippen LogP contribution in [0.3, 0.4) is 0 Å². The molecule has 1 aromatic rings. The van der Waals surface area contributed by atoms with E-state index in [0.29, 0.717) is 0 Å². The van der Waals surface area contributed by atoms with E-state index in [0.717, 1.165) is 23.8 Å². The number of halogens is 1. The summed E-state index contributed by atoms with van der Waals surface area (Å²) in [6, 6.07) is 7.77. The van der Waals surface area contributed by atoms with Crippen LogP contribution in [-0.4, -0.2) is 18.6 Å². The van der Waals surface area contributed by atoms with E-state index in [1.807, 2.05) is 24.3 Å². The van der Waals surface area contributed by atoms with Crippen LogP contribution in [0, 0.1) is 0 Å². The Hall–Kier alpha value is -0.730. The van der Waals surface area contributed by atoms with Crippen LogP contribution >= 0.6 is 11.6 Å². The maximum absolute atomic E-state index is 5.87. The summed E-state index contributed by atoms with van der Waals surface area (Å²) in [7, 11) is 0. The van der Waals surface area contributed by atoms with Crippen molar-refractivity contribution in [2.24, 2.45) is 0 Å². The van der Waals surface area contributed by atoms with E-state index < -0.39 is 0 Å². The minimum atomic E-state index is 0.177. The first-order valence-corrected chi connectivity index (χ1v) is 5.60. The monoisotopic (exact) mass is 226 g/mol. The fraction of sp³-hybridized carbons (Fsp3) is 0.500. The molecule has 0 unspecified atom stereocenters.